The van der Waals surface area contributed by atoms with Gasteiger partial charge in [0.1, 0.15) is 5.75 Å². The molecule has 1 aliphatic heterocycles. The predicted molar refractivity (Wildman–Crippen MR) is 112 cm³/mol. The summed E-state index contributed by atoms with van der Waals surface area (Å²) in [5.74, 6) is 1.32. The third-order valence-corrected chi connectivity index (χ3v) is 5.23. The highest BCUT2D eigenvalue weighted by Gasteiger charge is 2.49. The molecule has 0 aromatic heterocycles. The van der Waals surface area contributed by atoms with Crippen molar-refractivity contribution in [2.24, 2.45) is 5.16 Å². The standard InChI is InChI=1S/C21H23N3O3S/c1-25-18-13-7-6-12-17(18)22-20(28)26-24-19(16-10-4-2-5-11-16)23-27-21(24)14-8-3-9-15-21/h2,4-7,10-13H,3,8-9,14-15H2,1H3,(H,22,28). The maximum atomic E-state index is 6.12. The number of nitrogens with zero attached hydrogens (tertiary/aromatic N) is 2. The summed E-state index contributed by atoms with van der Waals surface area (Å²) in [7, 11) is 1.62. The summed E-state index contributed by atoms with van der Waals surface area (Å²) in [5.41, 5.74) is 1.05. The smallest absolute Gasteiger partial charge is 0.291 e. The molecule has 28 heavy (non-hydrogen) atoms. The number of nitrogens with one attached hydrogen (secondary N) is 1. The van der Waals surface area contributed by atoms with Crippen molar-refractivity contribution in [3.63, 3.8) is 0 Å². The van der Waals surface area contributed by atoms with Crippen molar-refractivity contribution in [2.75, 3.05) is 12.4 Å². The number of para-hydroxylation sites is 2. The van der Waals surface area contributed by atoms with Crippen molar-refractivity contribution >= 4 is 28.9 Å². The van der Waals surface area contributed by atoms with Gasteiger partial charge in [-0.05, 0) is 37.2 Å². The average molecular weight is 398 g/mol. The first-order valence-corrected chi connectivity index (χ1v) is 9.86. The Kier molecular flexibility index (Phi) is 5.34. The first-order chi connectivity index (χ1) is 13.7. The van der Waals surface area contributed by atoms with Gasteiger partial charge in [0.05, 0.1) is 12.8 Å². The third-order valence-electron chi connectivity index (χ3n) is 5.05. The fourth-order valence-corrected chi connectivity index (χ4v) is 3.83. The highest BCUT2D eigenvalue weighted by molar-refractivity contribution is 7.80. The molecule has 0 amide bonds. The van der Waals surface area contributed by atoms with Gasteiger partial charge in [-0.2, -0.15) is 0 Å². The Bertz CT molecular complexity index is 866. The molecule has 0 saturated heterocycles. The monoisotopic (exact) mass is 397 g/mol. The number of amidine groups is 1. The van der Waals surface area contributed by atoms with E-state index in [1.807, 2.05) is 54.6 Å². The fourth-order valence-electron chi connectivity index (χ4n) is 3.64. The van der Waals surface area contributed by atoms with Gasteiger partial charge in [-0.1, -0.05) is 54.0 Å². The van der Waals surface area contributed by atoms with Crippen LogP contribution in [0.1, 0.15) is 37.7 Å². The van der Waals surface area contributed by atoms with Crippen LogP contribution in [0.3, 0.4) is 0 Å². The SMILES string of the molecule is COc1ccccc1NC(=S)ON1C(c2ccccc2)=NOC12CCCCC2. The fraction of sp³-hybridized carbons (Fsp3) is 0.333. The number of hydrogen-bond acceptors (Lipinski definition) is 6. The summed E-state index contributed by atoms with van der Waals surface area (Å²) >= 11 is 5.49. The second-order valence-electron chi connectivity index (χ2n) is 6.88. The molecular formula is C21H23N3O3S. The number of ether oxygens (including phenoxy) is 1. The minimum absolute atomic E-state index is 0.212. The molecule has 1 spiro atoms. The highest BCUT2D eigenvalue weighted by Crippen LogP contribution is 2.40. The van der Waals surface area contributed by atoms with Gasteiger partial charge in [-0.3, -0.25) is 0 Å². The first-order valence-electron chi connectivity index (χ1n) is 9.46. The van der Waals surface area contributed by atoms with Crippen LogP contribution in [0.5, 0.6) is 5.75 Å². The molecule has 7 heteroatoms. The second-order valence-corrected chi connectivity index (χ2v) is 7.25. The Morgan fingerprint density at radius 1 is 1.07 bits per heavy atom. The van der Waals surface area contributed by atoms with Gasteiger partial charge >= 0.3 is 0 Å². The van der Waals surface area contributed by atoms with Crippen LogP contribution >= 0.6 is 12.2 Å². The molecule has 0 atom stereocenters. The van der Waals surface area contributed by atoms with Gasteiger partial charge in [-0.15, -0.1) is 5.06 Å². The molecule has 0 bridgehead atoms. The van der Waals surface area contributed by atoms with E-state index in [0.717, 1.165) is 36.9 Å². The topological polar surface area (TPSA) is 55.3 Å². The zero-order valence-corrected chi connectivity index (χ0v) is 16.6. The molecule has 2 aromatic carbocycles. The average Bonchev–Trinajstić information content (AvgIpc) is 3.07. The molecule has 0 radical (unpaired) electrons. The zero-order valence-electron chi connectivity index (χ0n) is 15.8. The Labute approximate surface area is 170 Å². The summed E-state index contributed by atoms with van der Waals surface area (Å²) < 4.78 is 5.38. The van der Waals surface area contributed by atoms with Crippen LogP contribution in [-0.4, -0.2) is 28.9 Å². The van der Waals surface area contributed by atoms with E-state index in [2.05, 4.69) is 10.5 Å². The molecular weight excluding hydrogens is 374 g/mol. The summed E-state index contributed by atoms with van der Waals surface area (Å²) in [4.78, 5) is 12.1. The van der Waals surface area contributed by atoms with Crippen molar-refractivity contribution < 1.29 is 14.4 Å². The molecule has 1 fully saturated rings. The number of hydrogen-bond donors (Lipinski definition) is 1. The lowest BCUT2D eigenvalue weighted by molar-refractivity contribution is -0.217. The highest BCUT2D eigenvalue weighted by atomic mass is 32.1. The van der Waals surface area contributed by atoms with Crippen LogP contribution in [0.4, 0.5) is 5.69 Å². The molecule has 0 unspecified atom stereocenters. The minimum Gasteiger partial charge on any atom is -0.495 e. The number of methoxy groups -OCH3 is 1. The molecule has 2 aliphatic rings. The summed E-state index contributed by atoms with van der Waals surface area (Å²) in [6.07, 6.45) is 4.98. The summed E-state index contributed by atoms with van der Waals surface area (Å²) in [6, 6.07) is 17.4. The van der Waals surface area contributed by atoms with E-state index >= 15 is 0 Å². The first kappa shape index (κ1) is 18.6. The quantitative estimate of drug-likeness (QED) is 0.756. The van der Waals surface area contributed by atoms with Gasteiger partial charge in [-0.25, -0.2) is 0 Å². The van der Waals surface area contributed by atoms with Crippen molar-refractivity contribution in [1.82, 2.24) is 5.06 Å². The lowest BCUT2D eigenvalue weighted by Gasteiger charge is -2.38. The summed E-state index contributed by atoms with van der Waals surface area (Å²) in [5, 5.41) is 9.43. The molecule has 1 saturated carbocycles. The maximum Gasteiger partial charge on any atom is 0.291 e. The normalized spacial score (nSPS) is 17.6. The maximum absolute atomic E-state index is 6.12. The Morgan fingerprint density at radius 3 is 2.54 bits per heavy atom. The van der Waals surface area contributed by atoms with Crippen LogP contribution in [0.2, 0.25) is 0 Å². The van der Waals surface area contributed by atoms with E-state index in [0.29, 0.717) is 11.6 Å². The second kappa shape index (κ2) is 8.06. The molecule has 1 aliphatic carbocycles. The largest absolute Gasteiger partial charge is 0.495 e. The van der Waals surface area contributed by atoms with E-state index in [4.69, 9.17) is 26.6 Å². The Balaban J connectivity index is 1.57. The van der Waals surface area contributed by atoms with Crippen LogP contribution in [0.15, 0.2) is 59.8 Å². The van der Waals surface area contributed by atoms with Crippen LogP contribution < -0.4 is 10.1 Å². The Hall–Kier alpha value is -2.80. The van der Waals surface area contributed by atoms with Crippen LogP contribution in [0, 0.1) is 0 Å². The number of oxime groups is 1. The van der Waals surface area contributed by atoms with Gasteiger partial charge in [0.2, 0.25) is 11.6 Å². The molecule has 6 nitrogen and oxygen atoms in total. The molecule has 4 rings (SSSR count). The molecule has 1 N–H and O–H groups in total. The van der Waals surface area contributed by atoms with E-state index in [-0.39, 0.29) is 5.17 Å². The summed E-state index contributed by atoms with van der Waals surface area (Å²) in [6.45, 7) is 0. The number of hydroxylamine groups is 2. The number of thiocarbonyl (C=S) groups is 1. The van der Waals surface area contributed by atoms with E-state index in [9.17, 15) is 0 Å². The number of rotatable bonds is 4. The van der Waals surface area contributed by atoms with Crippen LogP contribution in [0.25, 0.3) is 0 Å². The number of benzene rings is 2. The van der Waals surface area contributed by atoms with E-state index in [1.54, 1.807) is 12.2 Å². The number of anilines is 1. The van der Waals surface area contributed by atoms with Crippen molar-refractivity contribution in [3.05, 3.63) is 60.2 Å². The zero-order chi connectivity index (χ0) is 19.4. The molecule has 2 aromatic rings. The van der Waals surface area contributed by atoms with Crippen LogP contribution in [-0.2, 0) is 9.68 Å². The molecule has 146 valence electrons. The lowest BCUT2D eigenvalue weighted by Crippen LogP contribution is -2.51. The van der Waals surface area contributed by atoms with Crippen molar-refractivity contribution in [3.8, 4) is 5.75 Å². The molecule has 1 heterocycles. The lowest BCUT2D eigenvalue weighted by atomic mass is 9.91. The van der Waals surface area contributed by atoms with Gasteiger partial charge in [0.25, 0.3) is 5.17 Å². The van der Waals surface area contributed by atoms with Gasteiger partial charge < -0.3 is 19.7 Å². The van der Waals surface area contributed by atoms with E-state index in [1.165, 1.54) is 6.42 Å². The van der Waals surface area contributed by atoms with Crippen molar-refractivity contribution in [1.29, 1.82) is 0 Å². The predicted octanol–water partition coefficient (Wildman–Crippen LogP) is 4.68. The Morgan fingerprint density at radius 2 is 1.79 bits per heavy atom. The minimum atomic E-state index is -0.615. The van der Waals surface area contributed by atoms with E-state index < -0.39 is 5.72 Å². The van der Waals surface area contributed by atoms with Gasteiger partial charge in [0, 0.05) is 18.4 Å². The third kappa shape index (κ3) is 3.62. The van der Waals surface area contributed by atoms with Gasteiger partial charge in [0.15, 0.2) is 0 Å². The van der Waals surface area contributed by atoms with Crippen molar-refractivity contribution in [2.45, 2.75) is 37.8 Å².